The standard InChI is InChI=1S/C12H15N3O3/c1-2-14-7-9(6-13)11(16)15(12(14)17)8-10-4-3-5-18-10/h7,10H,2-5,8H2,1H3/t10-/m0/s1. The van der Waals surface area contributed by atoms with Crippen LogP contribution in [-0.4, -0.2) is 21.8 Å². The first-order valence-electron chi connectivity index (χ1n) is 6.03. The van der Waals surface area contributed by atoms with Crippen LogP contribution in [0.15, 0.2) is 15.8 Å². The highest BCUT2D eigenvalue weighted by Gasteiger charge is 2.19. The Hall–Kier alpha value is -1.87. The Balaban J connectivity index is 2.47. The lowest BCUT2D eigenvalue weighted by molar-refractivity contribution is 0.0946. The van der Waals surface area contributed by atoms with E-state index >= 15 is 0 Å². The molecule has 1 atom stereocenters. The maximum atomic E-state index is 12.0. The highest BCUT2D eigenvalue weighted by atomic mass is 16.5. The highest BCUT2D eigenvalue weighted by molar-refractivity contribution is 5.22. The fourth-order valence-electron chi connectivity index (χ4n) is 2.11. The molecule has 96 valence electrons. The molecule has 6 nitrogen and oxygen atoms in total. The fourth-order valence-corrected chi connectivity index (χ4v) is 2.11. The molecule has 0 N–H and O–H groups in total. The van der Waals surface area contributed by atoms with E-state index in [4.69, 9.17) is 10.00 Å². The average Bonchev–Trinajstić information content (AvgIpc) is 2.88. The van der Waals surface area contributed by atoms with Gasteiger partial charge >= 0.3 is 5.69 Å². The van der Waals surface area contributed by atoms with Crippen LogP contribution in [0, 0.1) is 11.3 Å². The molecule has 0 saturated carbocycles. The molecule has 0 radical (unpaired) electrons. The summed E-state index contributed by atoms with van der Waals surface area (Å²) in [6, 6.07) is 1.83. The second-order valence-electron chi connectivity index (χ2n) is 4.27. The van der Waals surface area contributed by atoms with Gasteiger partial charge in [0, 0.05) is 19.3 Å². The molecule has 18 heavy (non-hydrogen) atoms. The molecule has 1 aromatic heterocycles. The number of nitrogens with zero attached hydrogens (tertiary/aromatic N) is 3. The predicted molar refractivity (Wildman–Crippen MR) is 64.3 cm³/mol. The molecule has 2 heterocycles. The minimum atomic E-state index is -0.525. The summed E-state index contributed by atoms with van der Waals surface area (Å²) in [5.74, 6) is 0. The zero-order valence-electron chi connectivity index (χ0n) is 10.3. The van der Waals surface area contributed by atoms with Gasteiger partial charge in [0.1, 0.15) is 11.6 Å². The van der Waals surface area contributed by atoms with Crippen molar-refractivity contribution >= 4 is 0 Å². The molecule has 0 bridgehead atoms. The maximum absolute atomic E-state index is 12.0. The molecule has 0 spiro atoms. The van der Waals surface area contributed by atoms with E-state index in [1.165, 1.54) is 10.8 Å². The largest absolute Gasteiger partial charge is 0.376 e. The van der Waals surface area contributed by atoms with Gasteiger partial charge in [0.25, 0.3) is 5.56 Å². The smallest absolute Gasteiger partial charge is 0.331 e. The summed E-state index contributed by atoms with van der Waals surface area (Å²) in [5, 5.41) is 8.90. The number of hydrogen-bond donors (Lipinski definition) is 0. The lowest BCUT2D eigenvalue weighted by atomic mass is 10.2. The monoisotopic (exact) mass is 249 g/mol. The number of aryl methyl sites for hydroxylation is 1. The van der Waals surface area contributed by atoms with Crippen LogP contribution in [0.1, 0.15) is 25.3 Å². The topological polar surface area (TPSA) is 77.0 Å². The number of rotatable bonds is 3. The van der Waals surface area contributed by atoms with Gasteiger partial charge < -0.3 is 4.74 Å². The highest BCUT2D eigenvalue weighted by Crippen LogP contribution is 2.12. The third-order valence-electron chi connectivity index (χ3n) is 3.11. The Labute approximate surface area is 104 Å². The van der Waals surface area contributed by atoms with Crippen LogP contribution in [0.4, 0.5) is 0 Å². The summed E-state index contributed by atoms with van der Waals surface area (Å²) >= 11 is 0. The molecule has 0 aromatic carbocycles. The van der Waals surface area contributed by atoms with Gasteiger partial charge in [-0.05, 0) is 19.8 Å². The summed E-state index contributed by atoms with van der Waals surface area (Å²) in [6.07, 6.45) is 3.00. The second kappa shape index (κ2) is 5.19. The second-order valence-corrected chi connectivity index (χ2v) is 4.27. The van der Waals surface area contributed by atoms with Crippen molar-refractivity contribution in [3.05, 3.63) is 32.6 Å². The van der Waals surface area contributed by atoms with E-state index in [-0.39, 0.29) is 23.9 Å². The van der Waals surface area contributed by atoms with E-state index in [1.54, 1.807) is 6.92 Å². The normalized spacial score (nSPS) is 18.8. The van der Waals surface area contributed by atoms with Gasteiger partial charge in [0.15, 0.2) is 0 Å². The van der Waals surface area contributed by atoms with Crippen molar-refractivity contribution in [1.82, 2.24) is 9.13 Å². The molecule has 2 rings (SSSR count). The molecule has 1 aliphatic heterocycles. The van der Waals surface area contributed by atoms with Crippen LogP contribution < -0.4 is 11.2 Å². The molecule has 1 fully saturated rings. The van der Waals surface area contributed by atoms with Crippen molar-refractivity contribution in [2.45, 2.75) is 39.0 Å². The zero-order chi connectivity index (χ0) is 13.1. The number of aromatic nitrogens is 2. The van der Waals surface area contributed by atoms with Gasteiger partial charge in [-0.15, -0.1) is 0 Å². The van der Waals surface area contributed by atoms with Crippen LogP contribution >= 0.6 is 0 Å². The van der Waals surface area contributed by atoms with Gasteiger partial charge in [-0.25, -0.2) is 4.79 Å². The van der Waals surface area contributed by atoms with Crippen molar-refractivity contribution in [3.8, 4) is 6.07 Å². The van der Waals surface area contributed by atoms with Gasteiger partial charge in [0.05, 0.1) is 12.6 Å². The van der Waals surface area contributed by atoms with Crippen LogP contribution in [0.25, 0.3) is 0 Å². The Morgan fingerprint density at radius 3 is 2.89 bits per heavy atom. The fraction of sp³-hybridized carbons (Fsp3) is 0.583. The Morgan fingerprint density at radius 1 is 1.56 bits per heavy atom. The first kappa shape index (κ1) is 12.6. The molecular weight excluding hydrogens is 234 g/mol. The number of nitriles is 1. The Morgan fingerprint density at radius 2 is 2.33 bits per heavy atom. The van der Waals surface area contributed by atoms with E-state index in [0.717, 1.165) is 17.4 Å². The van der Waals surface area contributed by atoms with Crippen LogP contribution in [-0.2, 0) is 17.8 Å². The average molecular weight is 249 g/mol. The summed E-state index contributed by atoms with van der Waals surface area (Å²) < 4.78 is 7.90. The van der Waals surface area contributed by atoms with E-state index in [0.29, 0.717) is 13.2 Å². The lowest BCUT2D eigenvalue weighted by Gasteiger charge is -2.13. The van der Waals surface area contributed by atoms with Gasteiger partial charge in [-0.2, -0.15) is 5.26 Å². The lowest BCUT2D eigenvalue weighted by Crippen LogP contribution is -2.43. The number of hydrogen-bond acceptors (Lipinski definition) is 4. The van der Waals surface area contributed by atoms with E-state index < -0.39 is 5.56 Å². The Bertz CT molecular complexity index is 588. The summed E-state index contributed by atoms with van der Waals surface area (Å²) in [7, 11) is 0. The van der Waals surface area contributed by atoms with Crippen LogP contribution in [0.2, 0.25) is 0 Å². The molecular formula is C12H15N3O3. The molecule has 0 aliphatic carbocycles. The third-order valence-corrected chi connectivity index (χ3v) is 3.11. The van der Waals surface area contributed by atoms with Gasteiger partial charge in [-0.3, -0.25) is 13.9 Å². The summed E-state index contributed by atoms with van der Waals surface area (Å²) in [4.78, 5) is 24.0. The Kier molecular flexibility index (Phi) is 3.63. The minimum Gasteiger partial charge on any atom is -0.376 e. The first-order valence-corrected chi connectivity index (χ1v) is 6.03. The van der Waals surface area contributed by atoms with Gasteiger partial charge in [-0.1, -0.05) is 0 Å². The quantitative estimate of drug-likeness (QED) is 0.760. The van der Waals surface area contributed by atoms with Crippen molar-refractivity contribution in [1.29, 1.82) is 5.26 Å². The zero-order valence-corrected chi connectivity index (χ0v) is 10.3. The van der Waals surface area contributed by atoms with Crippen LogP contribution in [0.3, 0.4) is 0 Å². The number of ether oxygens (including phenoxy) is 1. The third kappa shape index (κ3) is 2.22. The van der Waals surface area contributed by atoms with Crippen LogP contribution in [0.5, 0.6) is 0 Å². The maximum Gasteiger partial charge on any atom is 0.331 e. The van der Waals surface area contributed by atoms with Crippen molar-refractivity contribution in [3.63, 3.8) is 0 Å². The predicted octanol–water partition coefficient (Wildman–Crippen LogP) is 0.0806. The summed E-state index contributed by atoms with van der Waals surface area (Å²) in [6.45, 7) is 3.12. The van der Waals surface area contributed by atoms with Crippen molar-refractivity contribution < 1.29 is 4.74 Å². The molecule has 1 aliphatic rings. The molecule has 0 unspecified atom stereocenters. The van der Waals surface area contributed by atoms with E-state index in [2.05, 4.69) is 0 Å². The molecule has 6 heteroatoms. The van der Waals surface area contributed by atoms with Crippen molar-refractivity contribution in [2.24, 2.45) is 0 Å². The minimum absolute atomic E-state index is 0.00514. The van der Waals surface area contributed by atoms with Gasteiger partial charge in [0.2, 0.25) is 0 Å². The SMILES string of the molecule is CCn1cc(C#N)c(=O)n(C[C@@H]2CCCO2)c1=O. The molecule has 1 aromatic rings. The molecule has 1 saturated heterocycles. The summed E-state index contributed by atoms with van der Waals surface area (Å²) in [5.41, 5.74) is -0.908. The van der Waals surface area contributed by atoms with E-state index in [1.807, 2.05) is 6.07 Å². The first-order chi connectivity index (χ1) is 8.67. The van der Waals surface area contributed by atoms with Crippen molar-refractivity contribution in [2.75, 3.05) is 6.61 Å². The van der Waals surface area contributed by atoms with E-state index in [9.17, 15) is 9.59 Å². The molecule has 0 amide bonds.